The smallest absolute Gasteiger partial charge is 0.307 e. The van der Waals surface area contributed by atoms with Crippen LogP contribution in [0.3, 0.4) is 0 Å². The highest BCUT2D eigenvalue weighted by atomic mass is 16.5. The van der Waals surface area contributed by atoms with Gasteiger partial charge >= 0.3 is 5.97 Å². The molecule has 94 valence electrons. The Labute approximate surface area is 98.9 Å². The number of ether oxygens (including phenoxy) is 1. The first kappa shape index (κ1) is 13.5. The van der Waals surface area contributed by atoms with Gasteiger partial charge in [-0.15, -0.1) is 0 Å². The molecule has 0 bridgehead atoms. The van der Waals surface area contributed by atoms with E-state index in [0.717, 1.165) is 6.42 Å². The van der Waals surface area contributed by atoms with Gasteiger partial charge in [0.05, 0.1) is 13.0 Å². The summed E-state index contributed by atoms with van der Waals surface area (Å²) in [4.78, 5) is 11.4. The molecule has 16 heavy (non-hydrogen) atoms. The second-order valence-corrected chi connectivity index (χ2v) is 4.62. The summed E-state index contributed by atoms with van der Waals surface area (Å²) in [6, 6.07) is 0.912. The van der Waals surface area contributed by atoms with Crippen molar-refractivity contribution in [2.24, 2.45) is 0 Å². The average molecular weight is 227 g/mol. The fourth-order valence-electron chi connectivity index (χ4n) is 2.34. The zero-order valence-electron chi connectivity index (χ0n) is 10.6. The molecule has 3 nitrogen and oxygen atoms in total. The van der Waals surface area contributed by atoms with Crippen LogP contribution >= 0.6 is 0 Å². The van der Waals surface area contributed by atoms with E-state index in [4.69, 9.17) is 4.74 Å². The fraction of sp³-hybridized carbons (Fsp3) is 0.923. The maximum atomic E-state index is 11.4. The van der Waals surface area contributed by atoms with Gasteiger partial charge in [0.25, 0.3) is 0 Å². The summed E-state index contributed by atoms with van der Waals surface area (Å²) in [7, 11) is 0. The molecule has 1 N–H and O–H groups in total. The van der Waals surface area contributed by atoms with Gasteiger partial charge in [-0.25, -0.2) is 0 Å². The lowest BCUT2D eigenvalue weighted by Gasteiger charge is -2.27. The van der Waals surface area contributed by atoms with Crippen LogP contribution in [0.5, 0.6) is 0 Å². The van der Waals surface area contributed by atoms with Gasteiger partial charge in [-0.3, -0.25) is 4.79 Å². The molecule has 0 spiro atoms. The summed E-state index contributed by atoms with van der Waals surface area (Å²) in [5, 5.41) is 3.59. The monoisotopic (exact) mass is 227 g/mol. The quantitative estimate of drug-likeness (QED) is 0.709. The van der Waals surface area contributed by atoms with Gasteiger partial charge in [0.2, 0.25) is 0 Å². The fourth-order valence-corrected chi connectivity index (χ4v) is 2.34. The number of esters is 1. The van der Waals surface area contributed by atoms with Crippen LogP contribution in [0.4, 0.5) is 0 Å². The van der Waals surface area contributed by atoms with E-state index in [0.29, 0.717) is 25.1 Å². The first-order valence-corrected chi connectivity index (χ1v) is 6.68. The molecule has 0 heterocycles. The van der Waals surface area contributed by atoms with Crippen LogP contribution in [0.2, 0.25) is 0 Å². The summed E-state index contributed by atoms with van der Waals surface area (Å²) in [5.74, 6) is -0.0716. The number of carbonyl (C=O) groups is 1. The Morgan fingerprint density at radius 2 is 2.00 bits per heavy atom. The van der Waals surface area contributed by atoms with E-state index in [2.05, 4.69) is 12.2 Å². The third-order valence-corrected chi connectivity index (χ3v) is 3.29. The van der Waals surface area contributed by atoms with Gasteiger partial charge in [-0.1, -0.05) is 26.2 Å². The van der Waals surface area contributed by atoms with Gasteiger partial charge in [-0.05, 0) is 26.2 Å². The lowest BCUT2D eigenvalue weighted by Crippen LogP contribution is -2.40. The molecule has 0 aromatic rings. The molecule has 3 heteroatoms. The molecule has 0 amide bonds. The molecule has 1 fully saturated rings. The van der Waals surface area contributed by atoms with Crippen LogP contribution in [0.15, 0.2) is 0 Å². The van der Waals surface area contributed by atoms with Gasteiger partial charge in [-0.2, -0.15) is 0 Å². The SMILES string of the molecule is CCOC(=O)CC(CC)NC1CCCCC1. The highest BCUT2D eigenvalue weighted by Crippen LogP contribution is 2.18. The van der Waals surface area contributed by atoms with Gasteiger partial charge in [0.1, 0.15) is 0 Å². The second kappa shape index (κ2) is 7.66. The molecule has 0 saturated heterocycles. The van der Waals surface area contributed by atoms with E-state index in [1.165, 1.54) is 32.1 Å². The van der Waals surface area contributed by atoms with Gasteiger partial charge in [0, 0.05) is 12.1 Å². The van der Waals surface area contributed by atoms with Crippen LogP contribution in [0.1, 0.15) is 58.8 Å². The highest BCUT2D eigenvalue weighted by molar-refractivity contribution is 5.70. The van der Waals surface area contributed by atoms with Crippen LogP contribution < -0.4 is 5.32 Å². The number of hydrogen-bond donors (Lipinski definition) is 1. The number of rotatable bonds is 6. The largest absolute Gasteiger partial charge is 0.466 e. The van der Waals surface area contributed by atoms with E-state index >= 15 is 0 Å². The lowest BCUT2D eigenvalue weighted by molar-refractivity contribution is -0.143. The Bertz CT molecular complexity index is 200. The van der Waals surface area contributed by atoms with E-state index in [-0.39, 0.29) is 5.97 Å². The van der Waals surface area contributed by atoms with E-state index in [9.17, 15) is 4.79 Å². The first-order chi connectivity index (χ1) is 7.76. The summed E-state index contributed by atoms with van der Waals surface area (Å²) >= 11 is 0. The molecule has 1 saturated carbocycles. The molecule has 1 rings (SSSR count). The van der Waals surface area contributed by atoms with Crippen LogP contribution in [0.25, 0.3) is 0 Å². The van der Waals surface area contributed by atoms with Crippen molar-refractivity contribution >= 4 is 5.97 Å². The molecule has 1 unspecified atom stereocenters. The summed E-state index contributed by atoms with van der Waals surface area (Å²) in [6.07, 6.45) is 8.06. The van der Waals surface area contributed by atoms with Crippen molar-refractivity contribution < 1.29 is 9.53 Å². The van der Waals surface area contributed by atoms with Gasteiger partial charge < -0.3 is 10.1 Å². The van der Waals surface area contributed by atoms with E-state index < -0.39 is 0 Å². The Balaban J connectivity index is 2.27. The molecule has 0 aromatic heterocycles. The highest BCUT2D eigenvalue weighted by Gasteiger charge is 2.19. The molecule has 1 aliphatic carbocycles. The van der Waals surface area contributed by atoms with Gasteiger partial charge in [0.15, 0.2) is 0 Å². The molecular weight excluding hydrogens is 202 g/mol. The predicted octanol–water partition coefficient (Wildman–Crippen LogP) is 2.64. The topological polar surface area (TPSA) is 38.3 Å². The predicted molar refractivity (Wildman–Crippen MR) is 65.3 cm³/mol. The lowest BCUT2D eigenvalue weighted by atomic mass is 9.94. The third kappa shape index (κ3) is 4.97. The summed E-state index contributed by atoms with van der Waals surface area (Å²) < 4.78 is 4.98. The van der Waals surface area contributed by atoms with Crippen LogP contribution in [-0.4, -0.2) is 24.7 Å². The number of hydrogen-bond acceptors (Lipinski definition) is 3. The maximum absolute atomic E-state index is 11.4. The second-order valence-electron chi connectivity index (χ2n) is 4.62. The van der Waals surface area contributed by atoms with Crippen molar-refractivity contribution in [1.82, 2.24) is 5.32 Å². The van der Waals surface area contributed by atoms with Crippen molar-refractivity contribution in [3.8, 4) is 0 Å². The molecular formula is C13H25NO2. The van der Waals surface area contributed by atoms with E-state index in [1.807, 2.05) is 6.92 Å². The molecule has 0 aromatic carbocycles. The summed E-state index contributed by atoms with van der Waals surface area (Å²) in [5.41, 5.74) is 0. The average Bonchev–Trinajstić information content (AvgIpc) is 2.30. The summed E-state index contributed by atoms with van der Waals surface area (Å²) in [6.45, 7) is 4.46. The van der Waals surface area contributed by atoms with Crippen molar-refractivity contribution in [1.29, 1.82) is 0 Å². The zero-order chi connectivity index (χ0) is 11.8. The standard InChI is InChI=1S/C13H25NO2/c1-3-11(10-13(15)16-4-2)14-12-8-6-5-7-9-12/h11-12,14H,3-10H2,1-2H3. The molecule has 1 atom stereocenters. The minimum absolute atomic E-state index is 0.0716. The van der Waals surface area contributed by atoms with Crippen molar-refractivity contribution in [3.05, 3.63) is 0 Å². The Morgan fingerprint density at radius 1 is 1.31 bits per heavy atom. The number of carbonyl (C=O) groups excluding carboxylic acids is 1. The Morgan fingerprint density at radius 3 is 2.56 bits per heavy atom. The Kier molecular flexibility index (Phi) is 6.46. The van der Waals surface area contributed by atoms with Crippen molar-refractivity contribution in [2.45, 2.75) is 70.9 Å². The minimum atomic E-state index is -0.0716. The normalized spacial score (nSPS) is 19.4. The third-order valence-electron chi connectivity index (χ3n) is 3.29. The number of nitrogens with one attached hydrogen (secondary N) is 1. The molecule has 0 aliphatic heterocycles. The zero-order valence-corrected chi connectivity index (χ0v) is 10.6. The maximum Gasteiger partial charge on any atom is 0.307 e. The van der Waals surface area contributed by atoms with Crippen molar-refractivity contribution in [2.75, 3.05) is 6.61 Å². The Hall–Kier alpha value is -0.570. The van der Waals surface area contributed by atoms with Crippen molar-refractivity contribution in [3.63, 3.8) is 0 Å². The first-order valence-electron chi connectivity index (χ1n) is 6.68. The van der Waals surface area contributed by atoms with Crippen LogP contribution in [0, 0.1) is 0 Å². The van der Waals surface area contributed by atoms with E-state index in [1.54, 1.807) is 0 Å². The molecule has 0 radical (unpaired) electrons. The minimum Gasteiger partial charge on any atom is -0.466 e. The van der Waals surface area contributed by atoms with Crippen LogP contribution in [-0.2, 0) is 9.53 Å². The molecule has 1 aliphatic rings.